The molecule has 0 aliphatic carbocycles. The van der Waals surface area contributed by atoms with E-state index in [4.69, 9.17) is 17.3 Å². The van der Waals surface area contributed by atoms with Gasteiger partial charge in [0.25, 0.3) is 0 Å². The number of rotatable bonds is 4. The number of hydrogen-bond acceptors (Lipinski definition) is 5. The molecule has 0 amide bonds. The molecule has 1 aliphatic heterocycles. The number of halogens is 2. The lowest BCUT2D eigenvalue weighted by Crippen LogP contribution is -2.33. The van der Waals surface area contributed by atoms with Crippen molar-refractivity contribution in [3.8, 4) is 0 Å². The lowest BCUT2D eigenvalue weighted by Gasteiger charge is -2.21. The summed E-state index contributed by atoms with van der Waals surface area (Å²) in [5, 5.41) is 0.604. The third-order valence-corrected chi connectivity index (χ3v) is 8.37. The Labute approximate surface area is 140 Å². The Balaban J connectivity index is 2.14. The predicted octanol–water partition coefficient (Wildman–Crippen LogP) is 2.81. The van der Waals surface area contributed by atoms with Crippen molar-refractivity contribution in [2.24, 2.45) is 0 Å². The van der Waals surface area contributed by atoms with Crippen LogP contribution in [0.1, 0.15) is 0 Å². The zero-order valence-electron chi connectivity index (χ0n) is 10.4. The monoisotopic (exact) mass is 416 g/mol. The van der Waals surface area contributed by atoms with E-state index in [0.29, 0.717) is 27.0 Å². The Morgan fingerprint density at radius 3 is 2.85 bits per heavy atom. The molecule has 1 aromatic carbocycles. The Bertz CT molecular complexity index is 592. The van der Waals surface area contributed by atoms with Gasteiger partial charge in [0.2, 0.25) is 10.0 Å². The number of nitrogens with two attached hydrogens (primary N) is 1. The first-order valence-corrected chi connectivity index (χ1v) is 10.7. The van der Waals surface area contributed by atoms with E-state index in [1.165, 1.54) is 12.1 Å². The summed E-state index contributed by atoms with van der Waals surface area (Å²) in [5.41, 5.74) is 6.03. The van der Waals surface area contributed by atoms with Crippen molar-refractivity contribution in [3.05, 3.63) is 21.6 Å². The van der Waals surface area contributed by atoms with Crippen LogP contribution in [-0.4, -0.2) is 37.5 Å². The van der Waals surface area contributed by atoms with Gasteiger partial charge in [0, 0.05) is 39.8 Å². The van der Waals surface area contributed by atoms with Gasteiger partial charge in [-0.1, -0.05) is 11.6 Å². The maximum Gasteiger partial charge on any atom is 0.241 e. The van der Waals surface area contributed by atoms with E-state index in [0.717, 1.165) is 17.3 Å². The van der Waals surface area contributed by atoms with Crippen molar-refractivity contribution in [1.82, 2.24) is 4.72 Å². The summed E-state index contributed by atoms with van der Waals surface area (Å²) in [5.74, 6) is 3.15. The maximum absolute atomic E-state index is 12.3. The summed E-state index contributed by atoms with van der Waals surface area (Å²) >= 11 is 12.7. The van der Waals surface area contributed by atoms with Crippen LogP contribution in [0.5, 0.6) is 0 Å². The van der Waals surface area contributed by atoms with E-state index in [9.17, 15) is 8.42 Å². The van der Waals surface area contributed by atoms with Crippen LogP contribution in [0.3, 0.4) is 0 Å². The molecular formula is C11H14BrClN2O2S3. The Hall–Kier alpha value is 0.400. The van der Waals surface area contributed by atoms with Gasteiger partial charge in [0.15, 0.2) is 0 Å². The van der Waals surface area contributed by atoms with E-state index in [2.05, 4.69) is 20.7 Å². The van der Waals surface area contributed by atoms with Crippen molar-refractivity contribution >= 4 is 66.8 Å². The van der Waals surface area contributed by atoms with Gasteiger partial charge in [-0.3, -0.25) is 0 Å². The summed E-state index contributed by atoms with van der Waals surface area (Å²) in [6, 6.07) is 2.91. The molecule has 0 radical (unpaired) electrons. The zero-order valence-corrected chi connectivity index (χ0v) is 15.2. The third kappa shape index (κ3) is 4.20. The molecule has 9 heteroatoms. The summed E-state index contributed by atoms with van der Waals surface area (Å²) < 4.78 is 27.6. The van der Waals surface area contributed by atoms with Gasteiger partial charge in [0.1, 0.15) is 0 Å². The first kappa shape index (κ1) is 16.8. The van der Waals surface area contributed by atoms with Gasteiger partial charge < -0.3 is 5.73 Å². The molecule has 0 bridgehead atoms. The summed E-state index contributed by atoms with van der Waals surface area (Å²) in [6.07, 6.45) is 0. The minimum atomic E-state index is -3.62. The van der Waals surface area contributed by atoms with Gasteiger partial charge in [-0.25, -0.2) is 13.1 Å². The Kier molecular flexibility index (Phi) is 5.96. The normalized spacial score (nSPS) is 20.0. The average molecular weight is 418 g/mol. The van der Waals surface area contributed by atoms with Crippen molar-refractivity contribution in [3.63, 3.8) is 0 Å². The molecule has 3 N–H and O–H groups in total. The van der Waals surface area contributed by atoms with Crippen molar-refractivity contribution in [2.75, 3.05) is 29.5 Å². The minimum absolute atomic E-state index is 0.0796. The molecule has 1 unspecified atom stereocenters. The van der Waals surface area contributed by atoms with Crippen LogP contribution in [-0.2, 0) is 10.0 Å². The van der Waals surface area contributed by atoms with Crippen LogP contribution in [0.15, 0.2) is 21.5 Å². The number of benzene rings is 1. The number of thioether (sulfide) groups is 2. The summed E-state index contributed by atoms with van der Waals surface area (Å²) in [4.78, 5) is 0.0796. The average Bonchev–Trinajstić information content (AvgIpc) is 2.42. The SMILES string of the molecule is Nc1cc(Cl)cc(S(=O)(=O)NCC2CSCCS2)c1Br. The highest BCUT2D eigenvalue weighted by Crippen LogP contribution is 2.31. The lowest BCUT2D eigenvalue weighted by atomic mass is 10.3. The van der Waals surface area contributed by atoms with Gasteiger partial charge in [-0.2, -0.15) is 23.5 Å². The molecule has 0 spiro atoms. The zero-order chi connectivity index (χ0) is 14.8. The van der Waals surface area contributed by atoms with Crippen LogP contribution < -0.4 is 10.5 Å². The fourth-order valence-corrected chi connectivity index (χ4v) is 6.80. The standard InChI is InChI=1S/C11H14BrClN2O2S3/c12-11-9(14)3-7(13)4-10(11)20(16,17)15-5-8-6-18-1-2-19-8/h3-4,8,15H,1-2,5-6,14H2. The fourth-order valence-electron chi connectivity index (χ4n) is 1.71. The molecule has 1 atom stereocenters. The van der Waals surface area contributed by atoms with Gasteiger partial charge in [-0.15, -0.1) is 0 Å². The highest BCUT2D eigenvalue weighted by Gasteiger charge is 2.22. The molecule has 1 heterocycles. The second-order valence-corrected chi connectivity index (χ2v) is 9.75. The molecule has 1 saturated heterocycles. The molecule has 2 rings (SSSR count). The minimum Gasteiger partial charge on any atom is -0.398 e. The van der Waals surface area contributed by atoms with Crippen LogP contribution in [0.2, 0.25) is 5.02 Å². The molecule has 20 heavy (non-hydrogen) atoms. The van der Waals surface area contributed by atoms with E-state index in [-0.39, 0.29) is 4.90 Å². The predicted molar refractivity (Wildman–Crippen MR) is 92.3 cm³/mol. The summed E-state index contributed by atoms with van der Waals surface area (Å²) in [6.45, 7) is 0.416. The highest BCUT2D eigenvalue weighted by molar-refractivity contribution is 9.10. The van der Waals surface area contributed by atoms with Gasteiger partial charge in [-0.05, 0) is 28.1 Å². The van der Waals surface area contributed by atoms with Gasteiger partial charge in [0.05, 0.1) is 9.37 Å². The molecule has 1 aromatic rings. The number of nitrogens with one attached hydrogen (secondary N) is 1. The first-order chi connectivity index (χ1) is 9.40. The number of hydrogen-bond donors (Lipinski definition) is 2. The number of anilines is 1. The molecular weight excluding hydrogens is 404 g/mol. The second-order valence-electron chi connectivity index (χ2n) is 4.23. The fraction of sp³-hybridized carbons (Fsp3) is 0.455. The highest BCUT2D eigenvalue weighted by atomic mass is 79.9. The van der Waals surface area contributed by atoms with Gasteiger partial charge >= 0.3 is 0 Å². The first-order valence-electron chi connectivity index (χ1n) is 5.83. The molecule has 1 aliphatic rings. The molecule has 0 saturated carbocycles. The van der Waals surface area contributed by atoms with Crippen LogP contribution in [0, 0.1) is 0 Å². The topological polar surface area (TPSA) is 72.2 Å². The number of sulfonamides is 1. The third-order valence-electron chi connectivity index (χ3n) is 2.71. The molecule has 4 nitrogen and oxygen atoms in total. The van der Waals surface area contributed by atoms with Crippen LogP contribution >= 0.6 is 51.1 Å². The summed E-state index contributed by atoms with van der Waals surface area (Å²) in [7, 11) is -3.62. The quantitative estimate of drug-likeness (QED) is 0.737. The molecule has 1 fully saturated rings. The largest absolute Gasteiger partial charge is 0.398 e. The van der Waals surface area contributed by atoms with E-state index in [1.54, 1.807) is 11.8 Å². The van der Waals surface area contributed by atoms with Crippen molar-refractivity contribution in [1.29, 1.82) is 0 Å². The Morgan fingerprint density at radius 2 is 2.20 bits per heavy atom. The number of nitrogen functional groups attached to an aromatic ring is 1. The maximum atomic E-state index is 12.3. The molecule has 112 valence electrons. The van der Waals surface area contributed by atoms with E-state index < -0.39 is 10.0 Å². The lowest BCUT2D eigenvalue weighted by molar-refractivity contribution is 0.581. The van der Waals surface area contributed by atoms with E-state index >= 15 is 0 Å². The van der Waals surface area contributed by atoms with Crippen LogP contribution in [0.4, 0.5) is 5.69 Å². The Morgan fingerprint density at radius 1 is 1.45 bits per heavy atom. The van der Waals surface area contributed by atoms with E-state index in [1.807, 2.05) is 11.8 Å². The van der Waals surface area contributed by atoms with Crippen molar-refractivity contribution < 1.29 is 8.42 Å². The van der Waals surface area contributed by atoms with Crippen LogP contribution in [0.25, 0.3) is 0 Å². The smallest absolute Gasteiger partial charge is 0.241 e. The molecule has 0 aromatic heterocycles. The van der Waals surface area contributed by atoms with Crippen molar-refractivity contribution in [2.45, 2.75) is 10.1 Å². The second kappa shape index (κ2) is 7.11.